The van der Waals surface area contributed by atoms with Crippen molar-refractivity contribution >= 4 is 38.3 Å². The van der Waals surface area contributed by atoms with Gasteiger partial charge in [-0.2, -0.15) is 0 Å². The van der Waals surface area contributed by atoms with Crippen molar-refractivity contribution in [3.63, 3.8) is 0 Å². The molecule has 3 N–H and O–H groups in total. The van der Waals surface area contributed by atoms with Crippen LogP contribution < -0.4 is 0 Å². The second kappa shape index (κ2) is 24.6. The maximum absolute atomic E-state index is 10.0. The zero-order chi connectivity index (χ0) is 26.4. The van der Waals surface area contributed by atoms with Gasteiger partial charge in [0.2, 0.25) is 0 Å². The van der Waals surface area contributed by atoms with E-state index in [4.69, 9.17) is 49.4 Å². The van der Waals surface area contributed by atoms with Crippen LogP contribution in [-0.4, -0.2) is 70.2 Å². The first-order valence-electron chi connectivity index (χ1n) is 7.08. The first kappa shape index (κ1) is 46.0. The van der Waals surface area contributed by atoms with Gasteiger partial charge in [0.25, 0.3) is 0 Å². The molecule has 0 aliphatic rings. The van der Waals surface area contributed by atoms with Gasteiger partial charge >= 0.3 is 34.5 Å². The molecule has 174 valence electrons. The molecule has 0 aromatic heterocycles. The molecule has 12 nitrogen and oxygen atoms in total. The maximum atomic E-state index is 10.0. The second-order valence-corrected chi connectivity index (χ2v) is 5.93. The van der Waals surface area contributed by atoms with Crippen LogP contribution in [0.25, 0.3) is 14.5 Å². The van der Waals surface area contributed by atoms with E-state index in [1.165, 1.54) is 41.5 Å². The van der Waals surface area contributed by atoms with Crippen LogP contribution in [0.2, 0.25) is 0 Å². The molecule has 0 amide bonds. The van der Waals surface area contributed by atoms with Crippen LogP contribution in [0.5, 0.6) is 0 Å². The summed E-state index contributed by atoms with van der Waals surface area (Å²) in [5, 5.41) is 24.7. The van der Waals surface area contributed by atoms with E-state index in [0.29, 0.717) is 0 Å². The van der Waals surface area contributed by atoms with E-state index in [9.17, 15) is 14.4 Å². The smallest absolute Gasteiger partial charge is 0.390 e. The van der Waals surface area contributed by atoms with E-state index < -0.39 is 34.5 Å². The van der Waals surface area contributed by atoms with Gasteiger partial charge in [-0.15, -0.1) is 0 Å². The zero-order valence-electron chi connectivity index (χ0n) is 17.8. The minimum Gasteiger partial charge on any atom is -0.545 e. The van der Waals surface area contributed by atoms with Crippen molar-refractivity contribution in [2.45, 2.75) is 58.2 Å². The summed E-state index contributed by atoms with van der Waals surface area (Å²) in [6.07, 6.45) is 0. The molecule has 0 saturated heterocycles. The molecule has 0 rings (SSSR count). The van der Waals surface area contributed by atoms with E-state index in [0.717, 1.165) is 0 Å². The molecule has 0 bridgehead atoms. The molecular formula is C18H24MoN3O9-3. The zero-order valence-corrected chi connectivity index (χ0v) is 19.8. The van der Waals surface area contributed by atoms with Crippen LogP contribution in [0.1, 0.15) is 41.5 Å². The molecule has 0 aromatic carbocycles. The summed E-state index contributed by atoms with van der Waals surface area (Å²) in [6, 6.07) is 0. The van der Waals surface area contributed by atoms with Crippen LogP contribution in [0.4, 0.5) is 0 Å². The minimum atomic E-state index is -1.25. The van der Waals surface area contributed by atoms with Gasteiger partial charge in [0.1, 0.15) is 0 Å². The number of carboxylic acid groups (broad SMARTS) is 3. The van der Waals surface area contributed by atoms with Gasteiger partial charge in [0.05, 0.1) is 0 Å². The van der Waals surface area contributed by atoms with Crippen molar-refractivity contribution in [2.24, 2.45) is 0 Å². The number of aliphatic carboxylic acids is 3. The summed E-state index contributed by atoms with van der Waals surface area (Å²) >= 11 is 0. The fourth-order valence-corrected chi connectivity index (χ4v) is 0.143. The van der Waals surface area contributed by atoms with Gasteiger partial charge in [-0.3, -0.25) is 34.9 Å². The van der Waals surface area contributed by atoms with Gasteiger partial charge in [0.15, 0.2) is 0 Å². The normalized spacial score (nSPS) is 8.23. The number of rotatable bonds is 3. The van der Waals surface area contributed by atoms with Crippen molar-refractivity contribution in [3.8, 4) is 0 Å². The molecule has 0 aromatic rings. The van der Waals surface area contributed by atoms with Crippen LogP contribution in [0.3, 0.4) is 0 Å². The second-order valence-electron chi connectivity index (χ2n) is 5.93. The van der Waals surface area contributed by atoms with E-state index in [2.05, 4.69) is 34.9 Å². The van der Waals surface area contributed by atoms with Crippen molar-refractivity contribution < 1.29 is 65.2 Å². The van der Waals surface area contributed by atoms with Crippen LogP contribution in [0.15, 0.2) is 0 Å². The SMILES string of the molecule is [C-]#[N+]C(C)(C)C(=O)O.[C-]#[N+]C(C)(C)C(=O)O.[C-]#[N+]C(C)(C)C(=O)O.[CH-]=O.[CH-]=O.[CH-]=O.[Mo]. The summed E-state index contributed by atoms with van der Waals surface area (Å²) in [5.41, 5.74) is -3.75. The van der Waals surface area contributed by atoms with Crippen LogP contribution in [0, 0.1) is 19.7 Å². The minimum absolute atomic E-state index is 0. The Morgan fingerprint density at radius 1 is 0.548 bits per heavy atom. The Bertz CT molecular complexity index is 567. The fourth-order valence-electron chi connectivity index (χ4n) is 0.143. The number of hydrogen-bond donors (Lipinski definition) is 3. The molecule has 31 heavy (non-hydrogen) atoms. The Kier molecular flexibility index (Phi) is 36.5. The molecule has 0 spiro atoms. The van der Waals surface area contributed by atoms with Crippen molar-refractivity contribution in [1.82, 2.24) is 0 Å². The summed E-state index contributed by atoms with van der Waals surface area (Å²) in [6.45, 7) is 37.1. The largest absolute Gasteiger partial charge is 0.545 e. The topological polar surface area (TPSA) is 176 Å². The third-order valence-electron chi connectivity index (χ3n) is 2.41. The van der Waals surface area contributed by atoms with Gasteiger partial charge in [0, 0.05) is 62.6 Å². The Hall–Kier alpha value is -3.42. The van der Waals surface area contributed by atoms with Crippen molar-refractivity contribution in [1.29, 1.82) is 0 Å². The molecular weight excluding hydrogens is 498 g/mol. The van der Waals surface area contributed by atoms with Gasteiger partial charge < -0.3 is 29.7 Å². The summed E-state index contributed by atoms with van der Waals surface area (Å²) < 4.78 is 0. The number of nitrogens with zero attached hydrogens (tertiary/aromatic N) is 3. The molecule has 0 radical (unpaired) electrons. The van der Waals surface area contributed by atoms with E-state index >= 15 is 0 Å². The predicted molar refractivity (Wildman–Crippen MR) is 105 cm³/mol. The average molecular weight is 522 g/mol. The molecule has 0 aliphatic carbocycles. The third kappa shape index (κ3) is 28.9. The Balaban J connectivity index is -0.0000000488. The van der Waals surface area contributed by atoms with E-state index in [1.54, 1.807) is 0 Å². The Morgan fingerprint density at radius 3 is 0.645 bits per heavy atom. The Morgan fingerprint density at radius 2 is 0.645 bits per heavy atom. The Labute approximate surface area is 196 Å². The molecule has 0 unspecified atom stereocenters. The standard InChI is InChI=1S/3C5H7NO2.3CHO.Mo/c3*1-5(2,6-3)4(7)8;3*1-2;/h3*1-2H3,(H,7,8);3*1H;/q;;;3*-1;. The third-order valence-corrected chi connectivity index (χ3v) is 2.41. The molecule has 0 heterocycles. The monoisotopic (exact) mass is 524 g/mol. The number of carbonyl (C=O) groups is 3. The van der Waals surface area contributed by atoms with E-state index in [-0.39, 0.29) is 21.1 Å². The van der Waals surface area contributed by atoms with Gasteiger partial charge in [-0.25, -0.2) is 34.1 Å². The summed E-state index contributed by atoms with van der Waals surface area (Å²) in [4.78, 5) is 62.0. The quantitative estimate of drug-likeness (QED) is 0.282. The molecule has 0 atom stereocenters. The number of hydrogen-bond acceptors (Lipinski definition) is 6. The molecule has 0 aliphatic heterocycles. The van der Waals surface area contributed by atoms with Gasteiger partial charge in [-0.05, 0) is 0 Å². The van der Waals surface area contributed by atoms with Crippen LogP contribution in [-0.2, 0) is 49.8 Å². The van der Waals surface area contributed by atoms with Crippen molar-refractivity contribution in [2.75, 3.05) is 0 Å². The first-order chi connectivity index (χ1) is 13.5. The maximum Gasteiger partial charge on any atom is 0.390 e. The van der Waals surface area contributed by atoms with Crippen LogP contribution >= 0.6 is 0 Å². The van der Waals surface area contributed by atoms with Gasteiger partial charge in [-0.1, -0.05) is 0 Å². The first-order valence-corrected chi connectivity index (χ1v) is 7.08. The molecule has 0 fully saturated rings. The average Bonchev–Trinajstić information content (AvgIpc) is 2.73. The molecule has 13 heteroatoms. The van der Waals surface area contributed by atoms with Crippen molar-refractivity contribution in [3.05, 3.63) is 34.3 Å². The fraction of sp³-hybridized carbons (Fsp3) is 0.500. The number of carboxylic acids is 3. The summed E-state index contributed by atoms with van der Waals surface area (Å²) in [7, 11) is 0. The number of carbonyl (C=O) groups excluding carboxylic acids is 3. The predicted octanol–water partition coefficient (Wildman–Crippen LogP) is 1.48. The molecule has 0 saturated carbocycles. The van der Waals surface area contributed by atoms with E-state index in [1.807, 2.05) is 0 Å². The summed E-state index contributed by atoms with van der Waals surface area (Å²) in [5.74, 6) is -3.23.